The smallest absolute Gasteiger partial charge is 0.475 e. The van der Waals surface area contributed by atoms with Crippen molar-refractivity contribution in [2.24, 2.45) is 0 Å². The van der Waals surface area contributed by atoms with E-state index in [0.717, 1.165) is 37.7 Å². The van der Waals surface area contributed by atoms with E-state index >= 15 is 4.39 Å². The van der Waals surface area contributed by atoms with Gasteiger partial charge in [0.25, 0.3) is 10.0 Å². The SMILES string of the molecule is CN(c1cc(F)c(S(=O)(=O)Nc2cccc(F)n2)cc1Cl)[C@H]1CCN(C(C)(C)c2ccccc2)C1.O=C(O)C(F)(F)F. The number of rotatable bonds is 7. The Morgan fingerprint density at radius 2 is 1.71 bits per heavy atom. The maximum absolute atomic E-state index is 15.0. The highest BCUT2D eigenvalue weighted by molar-refractivity contribution is 7.92. The number of sulfonamides is 1. The number of anilines is 2. The first-order chi connectivity index (χ1) is 19.4. The van der Waals surface area contributed by atoms with E-state index in [9.17, 15) is 26.0 Å². The van der Waals surface area contributed by atoms with Crippen LogP contribution in [0.25, 0.3) is 0 Å². The molecule has 228 valence electrons. The van der Waals surface area contributed by atoms with Crippen LogP contribution in [0.5, 0.6) is 0 Å². The van der Waals surface area contributed by atoms with Gasteiger partial charge in [-0.25, -0.2) is 22.6 Å². The lowest BCUT2D eigenvalue weighted by Gasteiger charge is -2.37. The summed E-state index contributed by atoms with van der Waals surface area (Å²) in [6, 6.07) is 16.2. The summed E-state index contributed by atoms with van der Waals surface area (Å²) in [5.41, 5.74) is 1.43. The number of carboxylic acids is 1. The molecule has 0 amide bonds. The van der Waals surface area contributed by atoms with Crippen LogP contribution in [0, 0.1) is 11.8 Å². The van der Waals surface area contributed by atoms with Crippen molar-refractivity contribution in [1.82, 2.24) is 9.88 Å². The van der Waals surface area contributed by atoms with E-state index < -0.39 is 38.8 Å². The van der Waals surface area contributed by atoms with Crippen molar-refractivity contribution in [3.8, 4) is 0 Å². The number of carbonyl (C=O) groups is 1. The molecule has 1 saturated heterocycles. The molecule has 4 rings (SSSR count). The highest BCUT2D eigenvalue weighted by atomic mass is 35.5. The van der Waals surface area contributed by atoms with Crippen molar-refractivity contribution in [3.05, 3.63) is 83.0 Å². The number of alkyl halides is 3. The minimum Gasteiger partial charge on any atom is -0.475 e. The fourth-order valence-electron chi connectivity index (χ4n) is 4.44. The van der Waals surface area contributed by atoms with Gasteiger partial charge in [0.15, 0.2) is 0 Å². The van der Waals surface area contributed by atoms with Gasteiger partial charge in [0.2, 0.25) is 5.95 Å². The molecule has 1 aliphatic rings. The maximum atomic E-state index is 15.0. The molecule has 1 aliphatic heterocycles. The topological polar surface area (TPSA) is 103 Å². The Kier molecular flexibility index (Phi) is 10.1. The summed E-state index contributed by atoms with van der Waals surface area (Å²) in [5, 5.41) is 7.22. The minimum atomic E-state index is -5.08. The van der Waals surface area contributed by atoms with Crippen LogP contribution in [-0.2, 0) is 20.4 Å². The van der Waals surface area contributed by atoms with E-state index in [1.165, 1.54) is 17.7 Å². The highest BCUT2D eigenvalue weighted by Gasteiger charge is 2.38. The first-order valence-corrected chi connectivity index (χ1v) is 14.3. The molecule has 1 aromatic heterocycles. The molecule has 0 spiro atoms. The van der Waals surface area contributed by atoms with Gasteiger partial charge in [-0.2, -0.15) is 17.6 Å². The van der Waals surface area contributed by atoms with Crippen LogP contribution in [0.4, 0.5) is 33.5 Å². The van der Waals surface area contributed by atoms with Crippen LogP contribution < -0.4 is 9.62 Å². The van der Waals surface area contributed by atoms with Crippen molar-refractivity contribution < 1.29 is 40.3 Å². The number of nitrogens with zero attached hydrogens (tertiary/aromatic N) is 3. The van der Waals surface area contributed by atoms with Gasteiger partial charge in [-0.1, -0.05) is 48.0 Å². The fourth-order valence-corrected chi connectivity index (χ4v) is 5.89. The second kappa shape index (κ2) is 12.8. The molecule has 0 unspecified atom stereocenters. The largest absolute Gasteiger partial charge is 0.490 e. The molecule has 42 heavy (non-hydrogen) atoms. The maximum Gasteiger partial charge on any atom is 0.490 e. The second-order valence-electron chi connectivity index (χ2n) is 9.91. The van der Waals surface area contributed by atoms with Crippen molar-refractivity contribution >= 4 is 39.1 Å². The molecule has 3 aromatic rings. The quantitative estimate of drug-likeness (QED) is 0.247. The molecule has 0 bridgehead atoms. The third kappa shape index (κ3) is 7.86. The van der Waals surface area contributed by atoms with Gasteiger partial charge < -0.3 is 10.0 Å². The second-order valence-corrected chi connectivity index (χ2v) is 12.0. The normalized spacial score (nSPS) is 16.0. The van der Waals surface area contributed by atoms with Gasteiger partial charge >= 0.3 is 12.1 Å². The minimum absolute atomic E-state index is 0.0620. The monoisotopic (exact) mass is 634 g/mol. The summed E-state index contributed by atoms with van der Waals surface area (Å²) in [4.78, 5) is 16.0. The van der Waals surface area contributed by atoms with Crippen molar-refractivity contribution in [2.75, 3.05) is 29.8 Å². The summed E-state index contributed by atoms with van der Waals surface area (Å²) >= 11 is 6.44. The van der Waals surface area contributed by atoms with Gasteiger partial charge in [0, 0.05) is 37.8 Å². The van der Waals surface area contributed by atoms with E-state index in [2.05, 4.69) is 40.6 Å². The molecular weight excluding hydrogens is 607 g/mol. The van der Waals surface area contributed by atoms with Gasteiger partial charge in [0.05, 0.1) is 10.7 Å². The number of carboxylic acid groups (broad SMARTS) is 1. The Hall–Kier alpha value is -3.49. The summed E-state index contributed by atoms with van der Waals surface area (Å²) in [5.74, 6) is -4.83. The first kappa shape index (κ1) is 33.0. The van der Waals surface area contributed by atoms with E-state index in [-0.39, 0.29) is 22.4 Å². The zero-order valence-electron chi connectivity index (χ0n) is 22.7. The molecule has 2 aromatic carbocycles. The third-order valence-corrected chi connectivity index (χ3v) is 8.52. The molecule has 0 saturated carbocycles. The van der Waals surface area contributed by atoms with E-state index in [1.54, 1.807) is 0 Å². The van der Waals surface area contributed by atoms with Crippen LogP contribution in [0.15, 0.2) is 65.6 Å². The number of likely N-dealkylation sites (N-methyl/N-ethyl adjacent to an activating group) is 1. The molecule has 15 heteroatoms. The van der Waals surface area contributed by atoms with Crippen LogP contribution >= 0.6 is 11.6 Å². The van der Waals surface area contributed by atoms with Crippen LogP contribution in [0.1, 0.15) is 25.8 Å². The number of likely N-dealkylation sites (tertiary alicyclic amines) is 1. The van der Waals surface area contributed by atoms with Gasteiger partial charge in [-0.3, -0.25) is 9.62 Å². The Morgan fingerprint density at radius 1 is 1.10 bits per heavy atom. The number of aliphatic carboxylic acids is 1. The van der Waals surface area contributed by atoms with Crippen LogP contribution in [0.3, 0.4) is 0 Å². The predicted molar refractivity (Wildman–Crippen MR) is 148 cm³/mol. The average molecular weight is 635 g/mol. The number of pyridine rings is 1. The lowest BCUT2D eigenvalue weighted by Crippen LogP contribution is -2.42. The number of aromatic nitrogens is 1. The van der Waals surface area contributed by atoms with Gasteiger partial charge in [0.1, 0.15) is 16.5 Å². The first-order valence-electron chi connectivity index (χ1n) is 12.4. The Morgan fingerprint density at radius 3 is 2.29 bits per heavy atom. The molecular formula is C27H28ClF5N4O4S. The zero-order valence-corrected chi connectivity index (χ0v) is 24.2. The summed E-state index contributed by atoms with van der Waals surface area (Å²) in [7, 11) is -2.54. The lowest BCUT2D eigenvalue weighted by atomic mass is 9.92. The number of hydrogen-bond acceptors (Lipinski definition) is 6. The molecule has 1 fully saturated rings. The van der Waals surface area contributed by atoms with Crippen molar-refractivity contribution in [1.29, 1.82) is 0 Å². The average Bonchev–Trinajstić information content (AvgIpc) is 3.41. The Bertz CT molecular complexity index is 1520. The van der Waals surface area contributed by atoms with E-state index in [4.69, 9.17) is 21.5 Å². The summed E-state index contributed by atoms with van der Waals surface area (Å²) in [6.45, 7) is 5.95. The molecule has 0 radical (unpaired) electrons. The number of nitrogens with one attached hydrogen (secondary N) is 1. The molecule has 2 N–H and O–H groups in total. The molecule has 0 aliphatic carbocycles. The van der Waals surface area contributed by atoms with Crippen molar-refractivity contribution in [3.63, 3.8) is 0 Å². The summed E-state index contributed by atoms with van der Waals surface area (Å²) in [6.07, 6.45) is -4.24. The third-order valence-electron chi connectivity index (χ3n) is 6.85. The number of halogens is 6. The van der Waals surface area contributed by atoms with Gasteiger partial charge in [-0.05, 0) is 44.0 Å². The number of hydrogen-bond donors (Lipinski definition) is 2. The predicted octanol–water partition coefficient (Wildman–Crippen LogP) is 5.89. The highest BCUT2D eigenvalue weighted by Crippen LogP contribution is 2.36. The van der Waals surface area contributed by atoms with E-state index in [1.807, 2.05) is 30.1 Å². The van der Waals surface area contributed by atoms with Crippen molar-refractivity contribution in [2.45, 2.75) is 42.9 Å². The fraction of sp³-hybridized carbons (Fsp3) is 0.333. The summed E-state index contributed by atoms with van der Waals surface area (Å²) < 4.78 is 87.6. The number of benzene rings is 2. The zero-order chi connectivity index (χ0) is 31.5. The van der Waals surface area contributed by atoms with Gasteiger partial charge in [-0.15, -0.1) is 0 Å². The van der Waals surface area contributed by atoms with Crippen LogP contribution in [0.2, 0.25) is 5.02 Å². The molecule has 2 heterocycles. The van der Waals surface area contributed by atoms with Crippen LogP contribution in [-0.4, -0.2) is 61.7 Å². The standard InChI is InChI=1S/C25H27ClF2N4O2S.C2HF3O2/c1-25(2,17-8-5-4-6-9-17)32-13-12-18(16-32)31(3)21-15-20(27)22(14-19(21)26)35(33,34)30-24-11-7-10-23(28)29-24;3-2(4,5)1(6)7/h4-11,14-15,18H,12-13,16H2,1-3H3,(H,29,30);(H,6,7)/t18-;/m0./s1. The lowest BCUT2D eigenvalue weighted by molar-refractivity contribution is -0.192. The Balaban J connectivity index is 0.000000616. The molecule has 1 atom stereocenters. The Labute approximate surface area is 244 Å². The van der Waals surface area contributed by atoms with E-state index in [0.29, 0.717) is 5.69 Å². The molecule has 8 nitrogen and oxygen atoms in total.